The monoisotopic (exact) mass is 494 g/mol. The van der Waals surface area contributed by atoms with E-state index >= 15 is 0 Å². The molecule has 0 aliphatic heterocycles. The molecular formula is C25H23ClN4O3S. The second kappa shape index (κ2) is 10.5. The molecule has 0 spiro atoms. The van der Waals surface area contributed by atoms with Gasteiger partial charge in [-0.2, -0.15) is 18.6 Å². The van der Waals surface area contributed by atoms with Crippen LogP contribution in [0.2, 0.25) is 5.02 Å². The third-order valence-electron chi connectivity index (χ3n) is 4.86. The summed E-state index contributed by atoms with van der Waals surface area (Å²) in [6.07, 6.45) is 4.17. The lowest BCUT2D eigenvalue weighted by molar-refractivity contribution is 0.317. The van der Waals surface area contributed by atoms with Gasteiger partial charge in [-0.15, -0.1) is 0 Å². The molecule has 1 heterocycles. The summed E-state index contributed by atoms with van der Waals surface area (Å²) in [5, 5.41) is 9.16. The van der Waals surface area contributed by atoms with Crippen LogP contribution in [0.3, 0.4) is 0 Å². The molecule has 0 fully saturated rings. The van der Waals surface area contributed by atoms with Crippen molar-refractivity contribution in [2.75, 3.05) is 6.61 Å². The standard InChI is InChI=1S/C25H23ClN4O3S/c1-2-16-33-23-12-8-19(9-13-23)25-20(18-30(28-25)22-6-4-3-5-7-22)17-27-29-34(31,32)24-14-10-21(26)11-15-24/h3-15,17-18,29H,2,16H2,1H3/b27-17+. The number of sulfonamides is 1. The van der Waals surface area contributed by atoms with Gasteiger partial charge in [0.1, 0.15) is 11.4 Å². The summed E-state index contributed by atoms with van der Waals surface area (Å²) in [6, 6.07) is 23.1. The SMILES string of the molecule is CCCOc1ccc(-c2nn(-c3ccccc3)cc2/C=N/NS(=O)(=O)c2ccc(Cl)cc2)cc1. The Morgan fingerprint density at radius 2 is 1.74 bits per heavy atom. The van der Waals surface area contributed by atoms with Gasteiger partial charge < -0.3 is 4.74 Å². The van der Waals surface area contributed by atoms with Crippen molar-refractivity contribution >= 4 is 27.8 Å². The highest BCUT2D eigenvalue weighted by Crippen LogP contribution is 2.25. The van der Waals surface area contributed by atoms with Crippen LogP contribution in [0, 0.1) is 0 Å². The van der Waals surface area contributed by atoms with Gasteiger partial charge in [-0.05, 0) is 67.1 Å². The Hall–Kier alpha value is -3.62. The summed E-state index contributed by atoms with van der Waals surface area (Å²) in [6.45, 7) is 2.70. The maximum atomic E-state index is 12.5. The van der Waals surface area contributed by atoms with Gasteiger partial charge >= 0.3 is 0 Å². The minimum atomic E-state index is -3.83. The van der Waals surface area contributed by atoms with E-state index in [9.17, 15) is 8.42 Å². The van der Waals surface area contributed by atoms with Crippen molar-refractivity contribution in [1.82, 2.24) is 14.6 Å². The maximum absolute atomic E-state index is 12.5. The van der Waals surface area contributed by atoms with Crippen LogP contribution in [0.1, 0.15) is 18.9 Å². The molecule has 4 rings (SSSR count). The van der Waals surface area contributed by atoms with Gasteiger partial charge in [-0.1, -0.05) is 36.7 Å². The highest BCUT2D eigenvalue weighted by atomic mass is 35.5. The molecule has 0 atom stereocenters. The lowest BCUT2D eigenvalue weighted by atomic mass is 10.1. The lowest BCUT2D eigenvalue weighted by Gasteiger charge is -2.05. The molecule has 34 heavy (non-hydrogen) atoms. The van der Waals surface area contributed by atoms with Crippen LogP contribution < -0.4 is 9.57 Å². The fourth-order valence-corrected chi connectivity index (χ4v) is 4.10. The first-order chi connectivity index (χ1) is 16.5. The van der Waals surface area contributed by atoms with E-state index < -0.39 is 10.0 Å². The molecule has 7 nitrogen and oxygen atoms in total. The van der Waals surface area contributed by atoms with Crippen molar-refractivity contribution in [2.24, 2.45) is 5.10 Å². The maximum Gasteiger partial charge on any atom is 0.276 e. The van der Waals surface area contributed by atoms with E-state index in [0.29, 0.717) is 22.9 Å². The molecule has 3 aromatic carbocycles. The smallest absolute Gasteiger partial charge is 0.276 e. The van der Waals surface area contributed by atoms with Gasteiger partial charge in [0.05, 0.1) is 23.4 Å². The molecule has 0 bridgehead atoms. The lowest BCUT2D eigenvalue weighted by Crippen LogP contribution is -2.18. The number of halogens is 1. The van der Waals surface area contributed by atoms with Crippen molar-refractivity contribution < 1.29 is 13.2 Å². The Morgan fingerprint density at radius 1 is 1.03 bits per heavy atom. The van der Waals surface area contributed by atoms with E-state index in [1.165, 1.54) is 30.5 Å². The van der Waals surface area contributed by atoms with Crippen molar-refractivity contribution in [3.63, 3.8) is 0 Å². The summed E-state index contributed by atoms with van der Waals surface area (Å²) >= 11 is 5.85. The van der Waals surface area contributed by atoms with E-state index in [4.69, 9.17) is 21.4 Å². The van der Waals surface area contributed by atoms with Crippen LogP contribution in [0.5, 0.6) is 5.75 Å². The second-order valence-electron chi connectivity index (χ2n) is 7.39. The first-order valence-corrected chi connectivity index (χ1v) is 12.5. The van der Waals surface area contributed by atoms with Crippen LogP contribution in [0.25, 0.3) is 16.9 Å². The normalized spacial score (nSPS) is 11.6. The molecule has 0 aliphatic rings. The van der Waals surface area contributed by atoms with Crippen LogP contribution >= 0.6 is 11.6 Å². The van der Waals surface area contributed by atoms with Crippen LogP contribution in [0.4, 0.5) is 0 Å². The number of rotatable bonds is 9. The zero-order valence-electron chi connectivity index (χ0n) is 18.4. The predicted octanol–water partition coefficient (Wildman–Crippen LogP) is 5.29. The highest BCUT2D eigenvalue weighted by molar-refractivity contribution is 7.89. The number of para-hydroxylation sites is 1. The van der Waals surface area contributed by atoms with Crippen molar-refractivity contribution in [2.45, 2.75) is 18.2 Å². The molecule has 0 saturated heterocycles. The highest BCUT2D eigenvalue weighted by Gasteiger charge is 2.14. The predicted molar refractivity (Wildman–Crippen MR) is 134 cm³/mol. The number of hydrazone groups is 1. The van der Waals surface area contributed by atoms with Crippen molar-refractivity contribution in [1.29, 1.82) is 0 Å². The van der Waals surface area contributed by atoms with Crippen LogP contribution in [0.15, 0.2) is 95.1 Å². The molecule has 4 aromatic rings. The second-order valence-corrected chi connectivity index (χ2v) is 9.49. The minimum Gasteiger partial charge on any atom is -0.494 e. The summed E-state index contributed by atoms with van der Waals surface area (Å²) in [7, 11) is -3.83. The van der Waals surface area contributed by atoms with Gasteiger partial charge in [0.25, 0.3) is 10.0 Å². The van der Waals surface area contributed by atoms with Gasteiger partial charge in [0.15, 0.2) is 0 Å². The fraction of sp³-hybridized carbons (Fsp3) is 0.120. The summed E-state index contributed by atoms with van der Waals surface area (Å²) in [5.74, 6) is 0.777. The minimum absolute atomic E-state index is 0.0666. The van der Waals surface area contributed by atoms with Crippen molar-refractivity contribution in [3.8, 4) is 22.7 Å². The molecule has 1 N–H and O–H groups in total. The summed E-state index contributed by atoms with van der Waals surface area (Å²) in [4.78, 5) is 2.31. The molecular weight excluding hydrogens is 472 g/mol. The zero-order valence-corrected chi connectivity index (χ0v) is 20.0. The van der Waals surface area contributed by atoms with Gasteiger partial charge in [0.2, 0.25) is 0 Å². The number of nitrogens with zero attached hydrogens (tertiary/aromatic N) is 3. The zero-order chi connectivity index (χ0) is 24.0. The number of nitrogens with one attached hydrogen (secondary N) is 1. The molecule has 1 aromatic heterocycles. The van der Waals surface area contributed by atoms with Crippen LogP contribution in [-0.2, 0) is 10.0 Å². The summed E-state index contributed by atoms with van der Waals surface area (Å²) < 4.78 is 32.5. The average Bonchev–Trinajstić information content (AvgIpc) is 3.28. The Bertz CT molecular complexity index is 1370. The Morgan fingerprint density at radius 3 is 2.41 bits per heavy atom. The fourth-order valence-electron chi connectivity index (χ4n) is 3.18. The van der Waals surface area contributed by atoms with E-state index in [1.54, 1.807) is 10.9 Å². The quantitative estimate of drug-likeness (QED) is 0.253. The third-order valence-corrected chi connectivity index (χ3v) is 6.35. The van der Waals surface area contributed by atoms with Gasteiger partial charge in [-0.3, -0.25) is 0 Å². The first-order valence-electron chi connectivity index (χ1n) is 10.6. The van der Waals surface area contributed by atoms with E-state index in [0.717, 1.165) is 23.4 Å². The average molecular weight is 495 g/mol. The molecule has 0 unspecified atom stereocenters. The Kier molecular flexibility index (Phi) is 7.30. The number of benzene rings is 3. The number of aromatic nitrogens is 2. The number of hydrogen-bond acceptors (Lipinski definition) is 5. The first kappa shape index (κ1) is 23.5. The molecule has 174 valence electrons. The van der Waals surface area contributed by atoms with E-state index in [1.807, 2.05) is 54.6 Å². The van der Waals surface area contributed by atoms with E-state index in [2.05, 4.69) is 16.9 Å². The Labute approximate surface area is 203 Å². The van der Waals surface area contributed by atoms with Crippen LogP contribution in [-0.4, -0.2) is 31.0 Å². The number of ether oxygens (including phenoxy) is 1. The molecule has 0 saturated carbocycles. The van der Waals surface area contributed by atoms with Crippen molar-refractivity contribution in [3.05, 3.63) is 95.6 Å². The molecule has 0 aliphatic carbocycles. The number of hydrogen-bond donors (Lipinski definition) is 1. The summed E-state index contributed by atoms with van der Waals surface area (Å²) in [5.41, 5.74) is 3.01. The van der Waals surface area contributed by atoms with E-state index in [-0.39, 0.29) is 4.90 Å². The third kappa shape index (κ3) is 5.65. The Balaban J connectivity index is 1.64. The molecule has 0 amide bonds. The topological polar surface area (TPSA) is 85.6 Å². The largest absolute Gasteiger partial charge is 0.494 e. The van der Waals surface area contributed by atoms with Gasteiger partial charge in [-0.25, -0.2) is 9.51 Å². The molecule has 9 heteroatoms. The molecule has 0 radical (unpaired) electrons. The van der Waals surface area contributed by atoms with Gasteiger partial charge in [0, 0.05) is 22.3 Å².